The average Bonchev–Trinajstić information content (AvgIpc) is 3.32. The van der Waals surface area contributed by atoms with Crippen molar-refractivity contribution in [3.05, 3.63) is 222 Å². The van der Waals surface area contributed by atoms with Crippen molar-refractivity contribution in [2.45, 2.75) is 6.18 Å². The van der Waals surface area contributed by atoms with Gasteiger partial charge in [0.25, 0.3) is 5.78 Å². The molecular formula is C51H35EuF3O6P2. The Morgan fingerprint density at radius 1 is 0.476 bits per heavy atom. The van der Waals surface area contributed by atoms with Crippen molar-refractivity contribution < 1.29 is 86.0 Å². The number of rotatable bonds is 8. The predicted molar refractivity (Wildman–Crippen MR) is 243 cm³/mol. The summed E-state index contributed by atoms with van der Waals surface area (Å²) in [5.41, 5.74) is -1.36. The van der Waals surface area contributed by atoms with Gasteiger partial charge in [-0.3, -0.25) is 4.79 Å². The van der Waals surface area contributed by atoms with Gasteiger partial charge in [-0.2, -0.15) is 13.2 Å². The summed E-state index contributed by atoms with van der Waals surface area (Å²) in [6.45, 7) is 0. The van der Waals surface area contributed by atoms with Gasteiger partial charge in [-0.1, -0.05) is 200 Å². The van der Waals surface area contributed by atoms with Crippen LogP contribution >= 0.6 is 14.3 Å². The van der Waals surface area contributed by atoms with Crippen molar-refractivity contribution in [3.63, 3.8) is 0 Å². The molecule has 0 aliphatic carbocycles. The first-order chi connectivity index (χ1) is 29.9. The van der Waals surface area contributed by atoms with Gasteiger partial charge >= 0.3 is 11.8 Å². The summed E-state index contributed by atoms with van der Waals surface area (Å²) in [4.78, 5) is 23.0. The fraction of sp³-hybridized carbons (Fsp3) is 0.0196. The molecule has 8 aromatic carbocycles. The molecule has 0 aliphatic heterocycles. The van der Waals surface area contributed by atoms with Crippen LogP contribution in [0.15, 0.2) is 215 Å². The first-order valence-electron chi connectivity index (χ1n) is 19.3. The van der Waals surface area contributed by atoms with E-state index in [1.54, 1.807) is 30.3 Å². The van der Waals surface area contributed by atoms with Gasteiger partial charge in [-0.15, -0.1) is 0 Å². The van der Waals surface area contributed by atoms with E-state index in [1.807, 2.05) is 170 Å². The maximum absolute atomic E-state index is 15.4. The molecule has 63 heavy (non-hydrogen) atoms. The summed E-state index contributed by atoms with van der Waals surface area (Å²) in [6.07, 6.45) is -5.28. The van der Waals surface area contributed by atoms with Gasteiger partial charge < -0.3 is 18.7 Å². The number of benzene rings is 8. The zero-order valence-corrected chi connectivity index (χ0v) is 37.2. The van der Waals surface area contributed by atoms with E-state index in [9.17, 15) is 27.9 Å². The Kier molecular flexibility index (Phi) is 13.8. The van der Waals surface area contributed by atoms with Crippen LogP contribution in [0.2, 0.25) is 0 Å². The van der Waals surface area contributed by atoms with Crippen LogP contribution in [0.5, 0.6) is 5.75 Å². The van der Waals surface area contributed by atoms with Crippen LogP contribution in [-0.4, -0.2) is 17.1 Å². The molecule has 0 amide bonds. The van der Waals surface area contributed by atoms with E-state index in [0.29, 0.717) is 10.8 Å². The molecular weight excluding hydrogens is 979 g/mol. The minimum atomic E-state index is -5.28. The zero-order chi connectivity index (χ0) is 43.5. The zero-order valence-electron chi connectivity index (χ0n) is 33.0. The molecule has 1 radical (unpaired) electrons. The van der Waals surface area contributed by atoms with Gasteiger partial charge in [0.1, 0.15) is 11.3 Å². The normalized spacial score (nSPS) is 11.6. The Balaban J connectivity index is 0.000000219. The molecule has 0 unspecified atom stereocenters. The molecule has 0 fully saturated rings. The monoisotopic (exact) mass is 1020 g/mol. The predicted octanol–water partition coefficient (Wildman–Crippen LogP) is 10.0. The van der Waals surface area contributed by atoms with Gasteiger partial charge in [0, 0.05) is 86.6 Å². The number of halogens is 3. The Labute approximate surface area is 401 Å². The molecule has 1 aromatic heterocycles. The summed E-state index contributed by atoms with van der Waals surface area (Å²) in [5, 5.41) is 15.4. The topological polar surface area (TPSA) is 102 Å². The van der Waals surface area contributed by atoms with Crippen LogP contribution in [0.1, 0.15) is 10.4 Å². The molecule has 0 spiro atoms. The SMILES string of the molecule is O=C(c1c(O)c2ccc3ccccc3c2oc1=O)C(F)(F)F.O=P(c1ccccc1)(c1ccccc1)c1ccccc1-c1ccccc1P(=O)(c1ccccc1)c1ccccc1.[Eu]. The van der Waals surface area contributed by atoms with Crippen LogP contribution in [0.3, 0.4) is 0 Å². The van der Waals surface area contributed by atoms with Crippen LogP contribution < -0.4 is 37.5 Å². The Hall–Kier alpha value is -5.47. The Morgan fingerprint density at radius 3 is 1.25 bits per heavy atom. The summed E-state index contributed by atoms with van der Waals surface area (Å²) >= 11 is 0. The third kappa shape index (κ3) is 8.76. The standard InChI is InChI=1S/C36H28O2P2.C15H7F3O4.Eu/c37-39(29-17-5-1-6-18-29,30-19-7-2-8-20-30)35-27-15-13-25-33(35)34-26-14-16-28-36(34)40(38,31-21-9-3-10-22-31)32-23-11-4-12-24-32;16-15(17,18)13(20)10-11(19)9-6-5-7-3-1-2-4-8(7)12(9)22-14(10)21;/h1-28H;1-6,19H;. The van der Waals surface area contributed by atoms with Crippen LogP contribution in [0, 0.1) is 49.4 Å². The maximum Gasteiger partial charge on any atom is 0.455 e. The number of ketones is 1. The summed E-state index contributed by atoms with van der Waals surface area (Å²) < 4.78 is 73.3. The third-order valence-corrected chi connectivity index (χ3v) is 16.7. The largest absolute Gasteiger partial charge is 0.506 e. The van der Waals surface area contributed by atoms with Gasteiger partial charge in [-0.05, 0) is 22.6 Å². The average molecular weight is 1010 g/mol. The first-order valence-corrected chi connectivity index (χ1v) is 22.8. The summed E-state index contributed by atoms with van der Waals surface area (Å²) in [6, 6.07) is 64.0. The second-order valence-electron chi connectivity index (χ2n) is 14.2. The number of aromatic hydroxyl groups is 1. The molecule has 0 saturated heterocycles. The van der Waals surface area contributed by atoms with Crippen molar-refractivity contribution in [1.82, 2.24) is 0 Å². The fourth-order valence-corrected chi connectivity index (χ4v) is 13.4. The van der Waals surface area contributed by atoms with E-state index in [4.69, 9.17) is 4.42 Å². The molecule has 0 bridgehead atoms. The first kappa shape index (κ1) is 45.6. The fourth-order valence-electron chi connectivity index (χ4n) is 7.61. The number of hydrogen-bond donors (Lipinski definition) is 1. The maximum atomic E-state index is 15.4. The number of hydrogen-bond acceptors (Lipinski definition) is 6. The van der Waals surface area contributed by atoms with E-state index in [1.165, 1.54) is 6.07 Å². The van der Waals surface area contributed by atoms with Crippen molar-refractivity contribution in [2.24, 2.45) is 0 Å². The van der Waals surface area contributed by atoms with Crippen LogP contribution in [0.4, 0.5) is 13.2 Å². The van der Waals surface area contributed by atoms with Crippen molar-refractivity contribution in [2.75, 3.05) is 0 Å². The van der Waals surface area contributed by atoms with Gasteiger partial charge in [0.2, 0.25) is 0 Å². The number of fused-ring (bicyclic) bond motifs is 3. The molecule has 12 heteroatoms. The van der Waals surface area contributed by atoms with Crippen molar-refractivity contribution >= 4 is 73.6 Å². The molecule has 1 heterocycles. The second-order valence-corrected chi connectivity index (χ2v) is 19.7. The molecule has 6 nitrogen and oxygen atoms in total. The molecule has 9 aromatic rings. The quantitative estimate of drug-likeness (QED) is 0.0705. The van der Waals surface area contributed by atoms with Crippen molar-refractivity contribution in [3.8, 4) is 16.9 Å². The summed E-state index contributed by atoms with van der Waals surface area (Å²) in [5.74, 6) is -3.46. The number of Topliss-reactive ketones (excluding diaryl/α,β-unsaturated/α-hetero) is 1. The number of carbonyl (C=O) groups excluding carboxylic acids is 1. The van der Waals surface area contributed by atoms with E-state index < -0.39 is 43.2 Å². The second kappa shape index (κ2) is 19.1. The molecule has 1 N–H and O–H groups in total. The van der Waals surface area contributed by atoms with E-state index >= 15 is 9.13 Å². The van der Waals surface area contributed by atoms with Gasteiger partial charge in [-0.25, -0.2) is 4.79 Å². The third-order valence-electron chi connectivity index (χ3n) is 10.5. The van der Waals surface area contributed by atoms with Gasteiger partial charge in [0.05, 0.1) is 5.39 Å². The Bertz CT molecular complexity index is 3010. The van der Waals surface area contributed by atoms with Gasteiger partial charge in [0.15, 0.2) is 19.8 Å². The van der Waals surface area contributed by atoms with E-state index in [-0.39, 0.29) is 60.3 Å². The molecule has 9 rings (SSSR count). The minimum absolute atomic E-state index is 0. The molecule has 0 aliphatic rings. The number of alkyl halides is 3. The summed E-state index contributed by atoms with van der Waals surface area (Å²) in [7, 11) is -6.57. The minimum Gasteiger partial charge on any atom is -0.506 e. The molecule has 0 saturated carbocycles. The van der Waals surface area contributed by atoms with Crippen LogP contribution in [-0.2, 0) is 9.13 Å². The molecule has 0 atom stereocenters. The number of carbonyl (C=O) groups is 1. The molecule has 313 valence electrons. The van der Waals surface area contributed by atoms with Crippen LogP contribution in [0.25, 0.3) is 32.9 Å². The Morgan fingerprint density at radius 2 is 0.841 bits per heavy atom. The smallest absolute Gasteiger partial charge is 0.455 e. The van der Waals surface area contributed by atoms with Crippen molar-refractivity contribution in [1.29, 1.82) is 0 Å². The van der Waals surface area contributed by atoms with E-state index in [0.717, 1.165) is 43.0 Å². The van der Waals surface area contributed by atoms with E-state index in [2.05, 4.69) is 0 Å².